The zero-order valence-corrected chi connectivity index (χ0v) is 21.2. The molecule has 2 aromatic heterocycles. The molecule has 3 atom stereocenters. The zero-order valence-electron chi connectivity index (χ0n) is 21.2. The van der Waals surface area contributed by atoms with Gasteiger partial charge in [-0.2, -0.15) is 22.8 Å². The number of nitrogens with one attached hydrogen (secondary N) is 1. The van der Waals surface area contributed by atoms with Crippen molar-refractivity contribution in [2.75, 3.05) is 32.0 Å². The van der Waals surface area contributed by atoms with Gasteiger partial charge in [-0.05, 0) is 67.4 Å². The molecule has 0 spiro atoms. The van der Waals surface area contributed by atoms with Crippen LogP contribution in [-0.2, 0) is 6.18 Å². The molecule has 0 aliphatic carbocycles. The number of anilines is 1. The number of hydrogen-bond donors (Lipinski definition) is 1. The minimum Gasteiger partial charge on any atom is -0.322 e. The molecular formula is C28H24F3N7O. The molecule has 1 N–H and O–H groups in total. The van der Waals surface area contributed by atoms with Crippen molar-refractivity contribution in [3.63, 3.8) is 0 Å². The fraction of sp³-hybridized carbons (Fsp3) is 0.286. The molecule has 0 radical (unpaired) electrons. The second-order valence-corrected chi connectivity index (χ2v) is 9.86. The summed E-state index contributed by atoms with van der Waals surface area (Å²) < 4.78 is 43.7. The molecule has 11 heteroatoms. The Balaban J connectivity index is 1.24. The van der Waals surface area contributed by atoms with Crippen LogP contribution in [0.3, 0.4) is 0 Å². The topological polar surface area (TPSA) is 78.4 Å². The highest BCUT2D eigenvalue weighted by molar-refractivity contribution is 6.04. The quantitative estimate of drug-likeness (QED) is 0.320. The molecule has 8 nitrogen and oxygen atoms in total. The van der Waals surface area contributed by atoms with Gasteiger partial charge in [0.1, 0.15) is 0 Å². The van der Waals surface area contributed by atoms with Crippen LogP contribution in [0.15, 0.2) is 54.7 Å². The number of alkyl halides is 3. The Morgan fingerprint density at radius 2 is 1.92 bits per heavy atom. The van der Waals surface area contributed by atoms with E-state index >= 15 is 0 Å². The van der Waals surface area contributed by atoms with Gasteiger partial charge in [0.15, 0.2) is 5.65 Å². The van der Waals surface area contributed by atoms with Gasteiger partial charge in [0, 0.05) is 48.7 Å². The summed E-state index contributed by atoms with van der Waals surface area (Å²) in [4.78, 5) is 17.3. The van der Waals surface area contributed by atoms with Crippen LogP contribution >= 0.6 is 0 Å². The number of rotatable bonds is 3. The van der Waals surface area contributed by atoms with Crippen LogP contribution in [0.25, 0.3) is 5.65 Å². The summed E-state index contributed by atoms with van der Waals surface area (Å²) in [5, 5.41) is 14.8. The Kier molecular flexibility index (Phi) is 6.09. The van der Waals surface area contributed by atoms with Gasteiger partial charge in [0.05, 0.1) is 11.6 Å². The van der Waals surface area contributed by atoms with E-state index in [9.17, 15) is 18.0 Å². The fourth-order valence-corrected chi connectivity index (χ4v) is 5.11. The lowest BCUT2D eigenvalue weighted by atomic mass is 10.0. The maximum Gasteiger partial charge on any atom is 0.416 e. The van der Waals surface area contributed by atoms with Crippen molar-refractivity contribution in [2.24, 2.45) is 0 Å². The van der Waals surface area contributed by atoms with E-state index in [-0.39, 0.29) is 28.9 Å². The number of halogens is 3. The molecule has 0 bridgehead atoms. The second-order valence-electron chi connectivity index (χ2n) is 9.86. The van der Waals surface area contributed by atoms with E-state index in [1.807, 2.05) is 14.0 Å². The SMILES string of the molecule is Cc1ccc(C(=O)Nc2ccc(C3C4CN(C)CCN43)c(C(F)(F)F)c2)cc1C#Cc1nnc2cccnn12. The van der Waals surface area contributed by atoms with Crippen molar-refractivity contribution in [3.8, 4) is 11.8 Å². The van der Waals surface area contributed by atoms with E-state index in [0.29, 0.717) is 17.0 Å². The maximum atomic E-state index is 14.1. The van der Waals surface area contributed by atoms with E-state index in [1.54, 1.807) is 36.5 Å². The molecule has 2 fully saturated rings. The monoisotopic (exact) mass is 531 g/mol. The van der Waals surface area contributed by atoms with Crippen LogP contribution in [0.4, 0.5) is 18.9 Å². The molecule has 4 heterocycles. The van der Waals surface area contributed by atoms with E-state index in [2.05, 4.69) is 42.3 Å². The van der Waals surface area contributed by atoms with E-state index in [4.69, 9.17) is 0 Å². The number of piperazine rings is 1. The largest absolute Gasteiger partial charge is 0.416 e. The number of nitrogens with zero attached hydrogens (tertiary/aromatic N) is 6. The molecule has 0 saturated carbocycles. The van der Waals surface area contributed by atoms with Crippen LogP contribution in [0.1, 0.15) is 44.5 Å². The molecule has 2 aliphatic heterocycles. The van der Waals surface area contributed by atoms with Gasteiger partial charge in [-0.15, -0.1) is 10.2 Å². The Labute approximate surface area is 222 Å². The third kappa shape index (κ3) is 4.84. The molecule has 2 aromatic carbocycles. The van der Waals surface area contributed by atoms with Gasteiger partial charge in [0.2, 0.25) is 5.82 Å². The van der Waals surface area contributed by atoms with Crippen molar-refractivity contribution in [2.45, 2.75) is 25.2 Å². The number of hydrogen-bond acceptors (Lipinski definition) is 6. The highest BCUT2D eigenvalue weighted by atomic mass is 19.4. The molecule has 198 valence electrons. The average Bonchev–Trinajstić information content (AvgIpc) is 3.46. The number of amides is 1. The number of carbonyl (C=O) groups excluding carboxylic acids is 1. The summed E-state index contributed by atoms with van der Waals surface area (Å²) in [6, 6.07) is 12.3. The van der Waals surface area contributed by atoms with Crippen molar-refractivity contribution in [1.82, 2.24) is 29.6 Å². The van der Waals surface area contributed by atoms with Crippen molar-refractivity contribution < 1.29 is 18.0 Å². The zero-order chi connectivity index (χ0) is 27.3. The van der Waals surface area contributed by atoms with Gasteiger partial charge >= 0.3 is 6.18 Å². The van der Waals surface area contributed by atoms with Crippen LogP contribution in [0.2, 0.25) is 0 Å². The molecule has 3 unspecified atom stereocenters. The summed E-state index contributed by atoms with van der Waals surface area (Å²) in [5.74, 6) is 5.74. The Morgan fingerprint density at radius 1 is 1.08 bits per heavy atom. The van der Waals surface area contributed by atoms with Gasteiger partial charge in [-0.3, -0.25) is 9.69 Å². The lowest BCUT2D eigenvalue weighted by Crippen LogP contribution is -2.35. The Morgan fingerprint density at radius 3 is 2.72 bits per heavy atom. The smallest absolute Gasteiger partial charge is 0.322 e. The van der Waals surface area contributed by atoms with E-state index < -0.39 is 17.6 Å². The first-order valence-corrected chi connectivity index (χ1v) is 12.4. The highest BCUT2D eigenvalue weighted by Crippen LogP contribution is 2.49. The summed E-state index contributed by atoms with van der Waals surface area (Å²) in [7, 11) is 1.98. The number of aryl methyl sites for hydroxylation is 1. The van der Waals surface area contributed by atoms with Crippen molar-refractivity contribution in [1.29, 1.82) is 0 Å². The average molecular weight is 532 g/mol. The fourth-order valence-electron chi connectivity index (χ4n) is 5.11. The van der Waals surface area contributed by atoms with Gasteiger partial charge < -0.3 is 10.2 Å². The minimum atomic E-state index is -4.54. The van der Waals surface area contributed by atoms with Gasteiger partial charge in [-0.1, -0.05) is 18.1 Å². The number of aromatic nitrogens is 4. The first-order chi connectivity index (χ1) is 18.7. The van der Waals surface area contributed by atoms with Crippen molar-refractivity contribution in [3.05, 3.63) is 88.4 Å². The number of benzene rings is 2. The minimum absolute atomic E-state index is 0.0843. The van der Waals surface area contributed by atoms with Crippen LogP contribution in [0.5, 0.6) is 0 Å². The lowest BCUT2D eigenvalue weighted by Gasteiger charge is -2.21. The van der Waals surface area contributed by atoms with Crippen LogP contribution in [0, 0.1) is 18.8 Å². The lowest BCUT2D eigenvalue weighted by molar-refractivity contribution is -0.138. The van der Waals surface area contributed by atoms with E-state index in [1.165, 1.54) is 16.6 Å². The van der Waals surface area contributed by atoms with Crippen LogP contribution in [-0.4, -0.2) is 68.2 Å². The van der Waals surface area contributed by atoms with Crippen LogP contribution < -0.4 is 5.32 Å². The molecule has 39 heavy (non-hydrogen) atoms. The van der Waals surface area contributed by atoms with Gasteiger partial charge in [-0.25, -0.2) is 0 Å². The van der Waals surface area contributed by atoms with Crippen molar-refractivity contribution >= 4 is 17.2 Å². The molecule has 6 rings (SSSR count). The molecule has 2 aliphatic rings. The normalized spacial score (nSPS) is 20.7. The summed E-state index contributed by atoms with van der Waals surface area (Å²) in [6.07, 6.45) is -2.94. The third-order valence-electron chi connectivity index (χ3n) is 7.22. The standard InChI is InChI=1S/C28H24F3N7O/c1-17-5-6-19(14-18(17)7-10-25-35-34-24-4-3-11-32-38(24)25)27(39)33-20-8-9-21(22(15-20)28(29,30)31)26-23-16-36(2)12-13-37(23)26/h3-6,8-9,11,14-15,23,26H,12-13,16H2,1-2H3,(H,33,39). The summed E-state index contributed by atoms with van der Waals surface area (Å²) in [5.41, 5.74) is 1.86. The Hall–Kier alpha value is -4.27. The third-order valence-corrected chi connectivity index (χ3v) is 7.22. The molecule has 2 saturated heterocycles. The van der Waals surface area contributed by atoms with E-state index in [0.717, 1.165) is 31.3 Å². The first-order valence-electron chi connectivity index (χ1n) is 12.4. The van der Waals surface area contributed by atoms with Gasteiger partial charge in [0.25, 0.3) is 5.91 Å². The summed E-state index contributed by atoms with van der Waals surface area (Å²) >= 11 is 0. The highest BCUT2D eigenvalue weighted by Gasteiger charge is 2.53. The number of likely N-dealkylation sites (N-methyl/N-ethyl adjacent to an activating group) is 1. The first kappa shape index (κ1) is 25.0. The molecular weight excluding hydrogens is 507 g/mol. The summed E-state index contributed by atoms with van der Waals surface area (Å²) in [6.45, 7) is 4.16. The molecule has 1 amide bonds. The number of fused-ring (bicyclic) bond motifs is 2. The molecule has 4 aromatic rings. The number of carbonyl (C=O) groups is 1. The predicted octanol–water partition coefficient (Wildman–Crippen LogP) is 3.77. The second kappa shape index (κ2) is 9.48. The predicted molar refractivity (Wildman–Crippen MR) is 138 cm³/mol. The Bertz CT molecular complexity index is 1650. The maximum absolute atomic E-state index is 14.1.